The van der Waals surface area contributed by atoms with Crippen molar-refractivity contribution in [1.82, 2.24) is 0 Å². The van der Waals surface area contributed by atoms with Crippen molar-refractivity contribution < 1.29 is 0 Å². The fourth-order valence-electron chi connectivity index (χ4n) is 2.79. The molecule has 1 unspecified atom stereocenters. The van der Waals surface area contributed by atoms with Gasteiger partial charge in [-0.2, -0.15) is 0 Å². The van der Waals surface area contributed by atoms with E-state index in [9.17, 15) is 0 Å². The quantitative estimate of drug-likeness (QED) is 0.639. The van der Waals surface area contributed by atoms with Crippen molar-refractivity contribution in [2.75, 3.05) is 18.1 Å². The third-order valence-electron chi connectivity index (χ3n) is 3.94. The van der Waals surface area contributed by atoms with Crippen molar-refractivity contribution in [3.05, 3.63) is 66.0 Å². The lowest BCUT2D eigenvalue weighted by Gasteiger charge is -2.30. The summed E-state index contributed by atoms with van der Waals surface area (Å²) in [6.45, 7) is 0. The van der Waals surface area contributed by atoms with Crippen LogP contribution in [0.2, 0.25) is 0 Å². The van der Waals surface area contributed by atoms with Gasteiger partial charge in [-0.05, 0) is 41.6 Å². The molecule has 0 fully saturated rings. The van der Waals surface area contributed by atoms with Crippen LogP contribution in [0.3, 0.4) is 0 Å². The lowest BCUT2D eigenvalue weighted by Crippen LogP contribution is -2.14. The predicted molar refractivity (Wildman–Crippen MR) is 95.4 cm³/mol. The highest BCUT2D eigenvalue weighted by Gasteiger charge is 2.20. The average Bonchev–Trinajstić information content (AvgIpc) is 2.56. The van der Waals surface area contributed by atoms with Crippen LogP contribution in [0.15, 0.2) is 70.2 Å². The molecule has 0 saturated heterocycles. The molecule has 0 amide bonds. The highest BCUT2D eigenvalue weighted by atomic mass is 32.2. The van der Waals surface area contributed by atoms with Crippen LogP contribution in [-0.2, 0) is 0 Å². The Morgan fingerprint density at radius 3 is 2.76 bits per heavy atom. The van der Waals surface area contributed by atoms with E-state index in [1.807, 2.05) is 11.8 Å². The summed E-state index contributed by atoms with van der Waals surface area (Å²) in [6.07, 6.45) is 5.61. The van der Waals surface area contributed by atoms with Crippen molar-refractivity contribution in [2.24, 2.45) is 0 Å². The molecule has 2 aliphatic rings. The van der Waals surface area contributed by atoms with Crippen LogP contribution in [0.1, 0.15) is 5.56 Å². The lowest BCUT2D eigenvalue weighted by atomic mass is 10.1. The molecular weight excluding hydrogens is 293 g/mol. The minimum absolute atomic E-state index is 0.913. The third-order valence-corrected chi connectivity index (χ3v) is 6.09. The maximum Gasteiger partial charge on any atom is 0.0556 e. The fourth-order valence-corrected chi connectivity index (χ4v) is 4.81. The zero-order valence-corrected chi connectivity index (χ0v) is 13.7. The maximum atomic E-state index is 2.34. The summed E-state index contributed by atoms with van der Waals surface area (Å²) in [5.41, 5.74) is 5.43. The van der Waals surface area contributed by atoms with Gasteiger partial charge in [-0.25, -0.2) is 0 Å². The Morgan fingerprint density at radius 2 is 1.90 bits per heavy atom. The smallest absolute Gasteiger partial charge is 0.0556 e. The molecule has 0 spiro atoms. The van der Waals surface area contributed by atoms with Crippen LogP contribution in [0.5, 0.6) is 0 Å². The van der Waals surface area contributed by atoms with Crippen molar-refractivity contribution in [3.8, 4) is 0 Å². The first-order chi connectivity index (χ1) is 10.3. The molecule has 4 rings (SSSR count). The molecule has 1 nitrogen and oxygen atoms in total. The van der Waals surface area contributed by atoms with Crippen molar-refractivity contribution in [3.63, 3.8) is 0 Å². The number of anilines is 2. The van der Waals surface area contributed by atoms with Gasteiger partial charge in [0.2, 0.25) is 0 Å². The minimum atomic E-state index is 0.913. The molecule has 2 aromatic carbocycles. The van der Waals surface area contributed by atoms with Gasteiger partial charge in [-0.1, -0.05) is 56.5 Å². The summed E-state index contributed by atoms with van der Waals surface area (Å²) in [7, 11) is 3.08. The molecule has 0 aliphatic carbocycles. The molecule has 104 valence electrons. The van der Waals surface area contributed by atoms with E-state index in [4.69, 9.17) is 0 Å². The van der Waals surface area contributed by atoms with E-state index >= 15 is 0 Å². The third kappa shape index (κ3) is 2.33. The molecule has 21 heavy (non-hydrogen) atoms. The average molecular weight is 309 g/mol. The second-order valence-corrected chi connectivity index (χ2v) is 7.42. The molecule has 2 heterocycles. The lowest BCUT2D eigenvalue weighted by molar-refractivity contribution is 1.11. The molecule has 1 atom stereocenters. The number of hydrogen-bond donors (Lipinski definition) is 0. The molecule has 0 radical (unpaired) electrons. The van der Waals surface area contributed by atoms with Gasteiger partial charge in [-0.15, -0.1) is 0 Å². The van der Waals surface area contributed by atoms with E-state index in [1.54, 1.807) is 0 Å². The Bertz CT molecular complexity index is 764. The molecule has 0 N–H and O–H groups in total. The monoisotopic (exact) mass is 309 g/mol. The topological polar surface area (TPSA) is 3.24 Å². The molecule has 0 saturated carbocycles. The zero-order valence-electron chi connectivity index (χ0n) is 11.8. The van der Waals surface area contributed by atoms with E-state index in [0.717, 1.165) is 8.58 Å². The van der Waals surface area contributed by atoms with Crippen LogP contribution in [-0.4, -0.2) is 13.2 Å². The Hall–Kier alpha value is -1.50. The standard InChI is InChI=1S/C18H16NPS/c1-19-15-6-2-3-7-17(15)21-18-9-8-13(11-16(18)19)14-5-4-10-20-12-14/h2-11,20H,12H2,1H3. The SMILES string of the molecule is CN1c2ccccc2Sc2ccc(C3=CC=CPC3)cc21. The van der Waals surface area contributed by atoms with Crippen LogP contribution in [0.25, 0.3) is 5.57 Å². The van der Waals surface area contributed by atoms with Crippen LogP contribution in [0.4, 0.5) is 11.4 Å². The van der Waals surface area contributed by atoms with Gasteiger partial charge >= 0.3 is 0 Å². The van der Waals surface area contributed by atoms with Crippen LogP contribution in [0, 0.1) is 0 Å². The molecule has 0 aromatic heterocycles. The first kappa shape index (κ1) is 13.2. The number of allylic oxidation sites excluding steroid dienone is 3. The number of para-hydroxylation sites is 1. The number of rotatable bonds is 1. The number of hydrogen-bond acceptors (Lipinski definition) is 2. The summed E-state index contributed by atoms with van der Waals surface area (Å²) in [4.78, 5) is 4.99. The molecule has 3 heteroatoms. The minimum Gasteiger partial charge on any atom is -0.343 e. The Morgan fingerprint density at radius 1 is 1.05 bits per heavy atom. The number of benzene rings is 2. The highest BCUT2D eigenvalue weighted by molar-refractivity contribution is 7.99. The largest absolute Gasteiger partial charge is 0.343 e. The van der Waals surface area contributed by atoms with E-state index in [1.165, 1.54) is 38.5 Å². The Labute approximate surface area is 131 Å². The molecule has 0 bridgehead atoms. The summed E-state index contributed by atoms with van der Waals surface area (Å²) in [5, 5.41) is 0. The Balaban J connectivity index is 1.78. The molecular formula is C18H16NPS. The predicted octanol–water partition coefficient (Wildman–Crippen LogP) is 5.51. The molecule has 2 aliphatic heterocycles. The van der Waals surface area contributed by atoms with Gasteiger partial charge in [0.15, 0.2) is 0 Å². The van der Waals surface area contributed by atoms with E-state index in [-0.39, 0.29) is 0 Å². The van der Waals surface area contributed by atoms with Crippen molar-refractivity contribution in [2.45, 2.75) is 9.79 Å². The van der Waals surface area contributed by atoms with E-state index in [0.29, 0.717) is 0 Å². The highest BCUT2D eigenvalue weighted by Crippen LogP contribution is 2.48. The van der Waals surface area contributed by atoms with E-state index in [2.05, 4.69) is 72.4 Å². The summed E-state index contributed by atoms with van der Waals surface area (Å²) in [5.74, 6) is 2.26. The van der Waals surface area contributed by atoms with Gasteiger partial charge < -0.3 is 4.90 Å². The maximum absolute atomic E-state index is 2.34. The van der Waals surface area contributed by atoms with Gasteiger partial charge in [0.05, 0.1) is 11.4 Å². The summed E-state index contributed by atoms with van der Waals surface area (Å²) in [6, 6.07) is 15.5. The van der Waals surface area contributed by atoms with Crippen LogP contribution >= 0.6 is 20.3 Å². The molecule has 2 aromatic rings. The Kier molecular flexibility index (Phi) is 3.37. The van der Waals surface area contributed by atoms with Crippen LogP contribution < -0.4 is 4.90 Å². The fraction of sp³-hybridized carbons (Fsp3) is 0.111. The second-order valence-electron chi connectivity index (χ2n) is 5.24. The first-order valence-electron chi connectivity index (χ1n) is 7.07. The second kappa shape index (κ2) is 5.36. The van der Waals surface area contributed by atoms with Gasteiger partial charge in [-0.3, -0.25) is 0 Å². The summed E-state index contributed by atoms with van der Waals surface area (Å²) < 4.78 is 0. The van der Waals surface area contributed by atoms with Crippen molar-refractivity contribution >= 4 is 37.3 Å². The van der Waals surface area contributed by atoms with Crippen molar-refractivity contribution in [1.29, 1.82) is 0 Å². The normalized spacial score (nSPS) is 17.4. The van der Waals surface area contributed by atoms with Gasteiger partial charge in [0.25, 0.3) is 0 Å². The number of fused-ring (bicyclic) bond motifs is 2. The zero-order chi connectivity index (χ0) is 14.2. The number of nitrogens with zero attached hydrogens (tertiary/aromatic N) is 1. The van der Waals surface area contributed by atoms with Gasteiger partial charge in [0.1, 0.15) is 0 Å². The van der Waals surface area contributed by atoms with Gasteiger partial charge in [0, 0.05) is 16.8 Å². The van der Waals surface area contributed by atoms with E-state index < -0.39 is 0 Å². The first-order valence-corrected chi connectivity index (χ1v) is 9.17. The summed E-state index contributed by atoms with van der Waals surface area (Å²) >= 11 is 1.87.